The van der Waals surface area contributed by atoms with Crippen molar-refractivity contribution in [3.8, 4) is 0 Å². The first-order valence-corrected chi connectivity index (χ1v) is 8.46. The molecule has 0 saturated heterocycles. The van der Waals surface area contributed by atoms with Gasteiger partial charge in [0.15, 0.2) is 0 Å². The third kappa shape index (κ3) is 3.49. The number of sulfonamides is 1. The van der Waals surface area contributed by atoms with Crippen LogP contribution < -0.4 is 10.5 Å². The van der Waals surface area contributed by atoms with E-state index in [1.807, 2.05) is 6.92 Å². The van der Waals surface area contributed by atoms with Crippen molar-refractivity contribution in [1.82, 2.24) is 4.72 Å². The second kappa shape index (κ2) is 6.10. The van der Waals surface area contributed by atoms with E-state index in [1.165, 1.54) is 12.5 Å². The Hall–Kier alpha value is -1.14. The van der Waals surface area contributed by atoms with Crippen molar-refractivity contribution in [2.45, 2.75) is 50.0 Å². The van der Waals surface area contributed by atoms with Crippen molar-refractivity contribution in [2.75, 3.05) is 5.73 Å². The van der Waals surface area contributed by atoms with E-state index < -0.39 is 15.8 Å². The highest BCUT2D eigenvalue weighted by atomic mass is 32.2. The molecule has 4 nitrogen and oxygen atoms in total. The van der Waals surface area contributed by atoms with Crippen LogP contribution in [0.15, 0.2) is 23.1 Å². The summed E-state index contributed by atoms with van der Waals surface area (Å²) in [4.78, 5) is -0.375. The van der Waals surface area contributed by atoms with E-state index in [0.717, 1.165) is 37.8 Å². The number of anilines is 1. The first-order chi connectivity index (χ1) is 9.40. The molecule has 112 valence electrons. The Morgan fingerprint density at radius 2 is 1.95 bits per heavy atom. The summed E-state index contributed by atoms with van der Waals surface area (Å²) in [5.41, 5.74) is 5.77. The Morgan fingerprint density at radius 3 is 2.60 bits per heavy atom. The van der Waals surface area contributed by atoms with E-state index in [9.17, 15) is 12.8 Å². The minimum absolute atomic E-state index is 0.193. The van der Waals surface area contributed by atoms with Crippen molar-refractivity contribution < 1.29 is 12.8 Å². The lowest BCUT2D eigenvalue weighted by atomic mass is 9.85. The molecule has 1 atom stereocenters. The topological polar surface area (TPSA) is 72.2 Å². The minimum atomic E-state index is -3.87. The highest BCUT2D eigenvalue weighted by molar-refractivity contribution is 7.89. The van der Waals surface area contributed by atoms with E-state index in [0.29, 0.717) is 5.92 Å². The maximum Gasteiger partial charge on any atom is 0.243 e. The number of rotatable bonds is 4. The molecule has 1 fully saturated rings. The van der Waals surface area contributed by atoms with Gasteiger partial charge in [-0.15, -0.1) is 0 Å². The molecule has 0 heterocycles. The van der Waals surface area contributed by atoms with Crippen LogP contribution in [-0.4, -0.2) is 14.5 Å². The summed E-state index contributed by atoms with van der Waals surface area (Å²) < 4.78 is 40.8. The molecule has 20 heavy (non-hydrogen) atoms. The van der Waals surface area contributed by atoms with Crippen molar-refractivity contribution in [3.05, 3.63) is 24.0 Å². The summed E-state index contributed by atoms with van der Waals surface area (Å²) in [7, 11) is -3.87. The Balaban J connectivity index is 2.16. The molecule has 1 aromatic carbocycles. The molecular weight excluding hydrogens is 279 g/mol. The fraction of sp³-hybridized carbons (Fsp3) is 0.571. The zero-order chi connectivity index (χ0) is 14.8. The van der Waals surface area contributed by atoms with E-state index >= 15 is 0 Å². The van der Waals surface area contributed by atoms with Gasteiger partial charge in [-0.05, 0) is 43.9 Å². The molecule has 2 rings (SSSR count). The maximum atomic E-state index is 13.7. The van der Waals surface area contributed by atoms with Crippen LogP contribution in [0.4, 0.5) is 10.1 Å². The second-order valence-electron chi connectivity index (χ2n) is 5.50. The van der Waals surface area contributed by atoms with Gasteiger partial charge >= 0.3 is 0 Å². The average molecular weight is 300 g/mol. The fourth-order valence-corrected chi connectivity index (χ4v) is 4.19. The molecule has 0 bridgehead atoms. The summed E-state index contributed by atoms with van der Waals surface area (Å²) in [6, 6.07) is 3.39. The SMILES string of the molecule is CC(NS(=O)(=O)c1cc(N)ccc1F)C1CCCCC1. The van der Waals surface area contributed by atoms with Crippen molar-refractivity contribution in [3.63, 3.8) is 0 Å². The highest BCUT2D eigenvalue weighted by Gasteiger charge is 2.26. The molecule has 3 N–H and O–H groups in total. The number of benzene rings is 1. The summed E-state index contributed by atoms with van der Waals surface area (Å²) in [6.45, 7) is 1.84. The van der Waals surface area contributed by atoms with E-state index in [4.69, 9.17) is 5.73 Å². The largest absolute Gasteiger partial charge is 0.399 e. The Bertz CT molecular complexity index is 569. The molecular formula is C14H21FN2O2S. The molecule has 1 aliphatic carbocycles. The minimum Gasteiger partial charge on any atom is -0.399 e. The lowest BCUT2D eigenvalue weighted by molar-refractivity contribution is 0.303. The van der Waals surface area contributed by atoms with Crippen molar-refractivity contribution >= 4 is 15.7 Å². The second-order valence-corrected chi connectivity index (χ2v) is 7.18. The van der Waals surface area contributed by atoms with Gasteiger partial charge in [-0.2, -0.15) is 0 Å². The monoisotopic (exact) mass is 300 g/mol. The normalized spacial score (nSPS) is 18.9. The Morgan fingerprint density at radius 1 is 1.30 bits per heavy atom. The van der Waals surface area contributed by atoms with E-state index in [1.54, 1.807) is 0 Å². The molecule has 0 spiro atoms. The van der Waals surface area contributed by atoms with Gasteiger partial charge in [0, 0.05) is 11.7 Å². The zero-order valence-corrected chi connectivity index (χ0v) is 12.4. The quantitative estimate of drug-likeness (QED) is 0.840. The summed E-state index contributed by atoms with van der Waals surface area (Å²) in [5, 5.41) is 0. The number of halogens is 1. The van der Waals surface area contributed by atoms with Gasteiger partial charge in [0.2, 0.25) is 10.0 Å². The van der Waals surface area contributed by atoms with Crippen molar-refractivity contribution in [2.24, 2.45) is 5.92 Å². The summed E-state index contributed by atoms with van der Waals surface area (Å²) in [5.74, 6) is -0.454. The maximum absolute atomic E-state index is 13.7. The van der Waals surface area contributed by atoms with Gasteiger partial charge in [-0.25, -0.2) is 17.5 Å². The van der Waals surface area contributed by atoms with Crippen LogP contribution in [0.25, 0.3) is 0 Å². The van der Waals surface area contributed by atoms with Crippen LogP contribution in [0.2, 0.25) is 0 Å². The van der Waals surface area contributed by atoms with E-state index in [2.05, 4.69) is 4.72 Å². The van der Waals surface area contributed by atoms with Gasteiger partial charge in [0.25, 0.3) is 0 Å². The third-order valence-electron chi connectivity index (χ3n) is 3.94. The number of hydrogen-bond donors (Lipinski definition) is 2. The molecule has 0 aromatic heterocycles. The highest BCUT2D eigenvalue weighted by Crippen LogP contribution is 2.27. The number of hydrogen-bond acceptors (Lipinski definition) is 3. The molecule has 1 saturated carbocycles. The Kier molecular flexibility index (Phi) is 4.65. The van der Waals surface area contributed by atoms with Gasteiger partial charge in [0.05, 0.1) is 0 Å². The Labute approximate surface area is 119 Å². The van der Waals surface area contributed by atoms with Gasteiger partial charge in [0.1, 0.15) is 10.7 Å². The lowest BCUT2D eigenvalue weighted by Gasteiger charge is -2.28. The zero-order valence-electron chi connectivity index (χ0n) is 11.6. The molecule has 0 radical (unpaired) electrons. The molecule has 1 unspecified atom stereocenters. The third-order valence-corrected chi connectivity index (χ3v) is 5.52. The molecule has 1 aromatic rings. The fourth-order valence-electron chi connectivity index (χ4n) is 2.76. The van der Waals surface area contributed by atoms with Gasteiger partial charge in [-0.1, -0.05) is 19.3 Å². The summed E-state index contributed by atoms with van der Waals surface area (Å²) in [6.07, 6.45) is 5.50. The van der Waals surface area contributed by atoms with Crippen molar-refractivity contribution in [1.29, 1.82) is 0 Å². The average Bonchev–Trinajstić information content (AvgIpc) is 2.42. The number of nitrogens with one attached hydrogen (secondary N) is 1. The van der Waals surface area contributed by atoms with Crippen LogP contribution in [0.3, 0.4) is 0 Å². The lowest BCUT2D eigenvalue weighted by Crippen LogP contribution is -2.39. The van der Waals surface area contributed by atoms with Crippen LogP contribution >= 0.6 is 0 Å². The first kappa shape index (κ1) is 15.3. The molecule has 0 amide bonds. The standard InChI is InChI=1S/C14H21FN2O2S/c1-10(11-5-3-2-4-6-11)17-20(18,19)14-9-12(16)7-8-13(14)15/h7-11,17H,2-6,16H2,1H3. The smallest absolute Gasteiger partial charge is 0.243 e. The predicted octanol–water partition coefficient (Wildman–Crippen LogP) is 2.66. The van der Waals surface area contributed by atoms with E-state index in [-0.39, 0.29) is 16.6 Å². The predicted molar refractivity (Wildman–Crippen MR) is 77.2 cm³/mol. The molecule has 6 heteroatoms. The first-order valence-electron chi connectivity index (χ1n) is 6.97. The van der Waals surface area contributed by atoms with Crippen LogP contribution in [0.1, 0.15) is 39.0 Å². The summed E-state index contributed by atoms with van der Waals surface area (Å²) >= 11 is 0. The van der Waals surface area contributed by atoms with Crippen LogP contribution in [-0.2, 0) is 10.0 Å². The number of nitrogens with two attached hydrogens (primary N) is 1. The molecule has 0 aliphatic heterocycles. The van der Waals surface area contributed by atoms with Crippen LogP contribution in [0, 0.1) is 11.7 Å². The number of nitrogen functional groups attached to an aromatic ring is 1. The molecule has 1 aliphatic rings. The van der Waals surface area contributed by atoms with Gasteiger partial charge in [-0.3, -0.25) is 0 Å². The van der Waals surface area contributed by atoms with Crippen LogP contribution in [0.5, 0.6) is 0 Å². The van der Waals surface area contributed by atoms with Gasteiger partial charge < -0.3 is 5.73 Å².